The van der Waals surface area contributed by atoms with E-state index in [0.29, 0.717) is 6.54 Å². The second-order valence-corrected chi connectivity index (χ2v) is 6.83. The largest absolute Gasteiger partial charge is 0.315 e. The van der Waals surface area contributed by atoms with Gasteiger partial charge in [-0.15, -0.1) is 12.4 Å². The zero-order valence-corrected chi connectivity index (χ0v) is 13.2. The number of nitrogens with one attached hydrogen (secondary N) is 1. The Kier molecular flexibility index (Phi) is 5.80. The Bertz CT molecular complexity index is 622. The number of benzene rings is 1. The lowest BCUT2D eigenvalue weighted by atomic mass is 10.2. The van der Waals surface area contributed by atoms with Gasteiger partial charge in [0.25, 0.3) is 0 Å². The topological polar surface area (TPSA) is 73.2 Å². The Morgan fingerprint density at radius 2 is 2.20 bits per heavy atom. The lowest BCUT2D eigenvalue weighted by Gasteiger charge is -2.23. The monoisotopic (exact) mass is 335 g/mol. The van der Waals surface area contributed by atoms with E-state index in [1.54, 1.807) is 7.05 Å². The number of nitriles is 1. The third-order valence-electron chi connectivity index (χ3n) is 3.29. The molecule has 1 aliphatic rings. The third kappa shape index (κ3) is 3.25. The highest BCUT2D eigenvalue weighted by atomic mass is 35.5. The van der Waals surface area contributed by atoms with Gasteiger partial charge >= 0.3 is 0 Å². The molecule has 0 aliphatic carbocycles. The van der Waals surface area contributed by atoms with Crippen molar-refractivity contribution in [1.82, 2.24) is 9.62 Å². The minimum Gasteiger partial charge on any atom is -0.315 e. The molecule has 0 bridgehead atoms. The van der Waals surface area contributed by atoms with E-state index in [1.165, 1.54) is 22.5 Å². The summed E-state index contributed by atoms with van der Waals surface area (Å²) in [6.45, 7) is 1.47. The lowest BCUT2D eigenvalue weighted by Crippen LogP contribution is -2.38. The molecule has 1 aromatic rings. The highest BCUT2D eigenvalue weighted by Crippen LogP contribution is 2.24. The first-order valence-electron chi connectivity index (χ1n) is 5.85. The van der Waals surface area contributed by atoms with Gasteiger partial charge in [-0.05, 0) is 31.2 Å². The molecule has 1 fully saturated rings. The van der Waals surface area contributed by atoms with Crippen LogP contribution in [-0.2, 0) is 10.0 Å². The smallest absolute Gasteiger partial charge is 0.243 e. The molecule has 0 aromatic heterocycles. The van der Waals surface area contributed by atoms with Crippen LogP contribution in [0, 0.1) is 11.3 Å². The molecule has 0 saturated carbocycles. The van der Waals surface area contributed by atoms with E-state index in [0.717, 1.165) is 13.0 Å². The predicted octanol–water partition coefficient (Wildman–Crippen LogP) is 1.62. The Hall–Kier alpha value is -0.840. The highest BCUT2D eigenvalue weighted by molar-refractivity contribution is 7.89. The Labute approximate surface area is 130 Å². The van der Waals surface area contributed by atoms with Gasteiger partial charge < -0.3 is 5.32 Å². The molecule has 0 spiro atoms. The van der Waals surface area contributed by atoms with Crippen molar-refractivity contribution in [3.63, 3.8) is 0 Å². The number of halogens is 2. The first-order chi connectivity index (χ1) is 8.96. The van der Waals surface area contributed by atoms with Crippen LogP contribution in [0.25, 0.3) is 0 Å². The highest BCUT2D eigenvalue weighted by Gasteiger charge is 2.30. The van der Waals surface area contributed by atoms with Crippen molar-refractivity contribution in [3.05, 3.63) is 28.8 Å². The summed E-state index contributed by atoms with van der Waals surface area (Å²) in [5.41, 5.74) is 0.269. The first kappa shape index (κ1) is 17.2. The van der Waals surface area contributed by atoms with Crippen LogP contribution in [0.2, 0.25) is 5.02 Å². The molecule has 1 heterocycles. The number of rotatable bonds is 3. The molecule has 0 radical (unpaired) electrons. The van der Waals surface area contributed by atoms with Crippen LogP contribution in [0.15, 0.2) is 23.1 Å². The standard InChI is InChI=1S/C12H14ClN3O2S.ClH/c1-16(10-4-5-15-8-10)19(17,18)11-3-2-9(7-14)12(13)6-11;/h2-3,6,10,15H,4-5,8H2,1H3;1H. The van der Waals surface area contributed by atoms with Gasteiger partial charge in [-0.25, -0.2) is 8.42 Å². The van der Waals surface area contributed by atoms with Crippen LogP contribution in [-0.4, -0.2) is 38.9 Å². The van der Waals surface area contributed by atoms with Gasteiger partial charge in [0, 0.05) is 19.6 Å². The van der Waals surface area contributed by atoms with E-state index < -0.39 is 10.0 Å². The summed E-state index contributed by atoms with van der Waals surface area (Å²) in [6.07, 6.45) is 0.791. The van der Waals surface area contributed by atoms with Gasteiger partial charge in [-0.2, -0.15) is 9.57 Å². The maximum atomic E-state index is 12.4. The van der Waals surface area contributed by atoms with Crippen LogP contribution in [0.3, 0.4) is 0 Å². The second kappa shape index (κ2) is 6.74. The van der Waals surface area contributed by atoms with Gasteiger partial charge in [0.15, 0.2) is 0 Å². The summed E-state index contributed by atoms with van der Waals surface area (Å²) >= 11 is 5.88. The molecule has 1 aromatic carbocycles. The molecule has 20 heavy (non-hydrogen) atoms. The van der Waals surface area contributed by atoms with E-state index in [4.69, 9.17) is 16.9 Å². The molecule has 2 rings (SSSR count). The van der Waals surface area contributed by atoms with Gasteiger partial charge in [0.2, 0.25) is 10.0 Å². The molecule has 5 nitrogen and oxygen atoms in total. The minimum absolute atomic E-state index is 0. The Morgan fingerprint density at radius 3 is 2.70 bits per heavy atom. The second-order valence-electron chi connectivity index (χ2n) is 4.42. The minimum atomic E-state index is -3.57. The SMILES string of the molecule is CN(C1CCNC1)S(=O)(=O)c1ccc(C#N)c(Cl)c1.Cl. The normalized spacial score (nSPS) is 18.6. The van der Waals surface area contributed by atoms with E-state index in [9.17, 15) is 8.42 Å². The molecule has 1 unspecified atom stereocenters. The number of likely N-dealkylation sites (N-methyl/N-ethyl adjacent to an activating group) is 1. The van der Waals surface area contributed by atoms with Gasteiger partial charge in [-0.3, -0.25) is 0 Å². The van der Waals surface area contributed by atoms with E-state index >= 15 is 0 Å². The Morgan fingerprint density at radius 1 is 1.50 bits per heavy atom. The third-order valence-corrected chi connectivity index (χ3v) is 5.51. The van der Waals surface area contributed by atoms with Crippen LogP contribution >= 0.6 is 24.0 Å². The molecule has 1 atom stereocenters. The van der Waals surface area contributed by atoms with Crippen LogP contribution < -0.4 is 5.32 Å². The summed E-state index contributed by atoms with van der Waals surface area (Å²) in [5.74, 6) is 0. The van der Waals surface area contributed by atoms with Crippen molar-refractivity contribution in [1.29, 1.82) is 5.26 Å². The fourth-order valence-corrected chi connectivity index (χ4v) is 3.76. The summed E-state index contributed by atoms with van der Waals surface area (Å²) in [6, 6.07) is 6.04. The number of nitrogens with zero attached hydrogens (tertiary/aromatic N) is 2. The van der Waals surface area contributed by atoms with Crippen LogP contribution in [0.1, 0.15) is 12.0 Å². The first-order valence-corrected chi connectivity index (χ1v) is 7.67. The Balaban J connectivity index is 0.00000200. The molecule has 110 valence electrons. The van der Waals surface area contributed by atoms with Gasteiger partial charge in [-0.1, -0.05) is 11.6 Å². The summed E-state index contributed by atoms with van der Waals surface area (Å²) in [5, 5.41) is 12.1. The average Bonchev–Trinajstić information content (AvgIpc) is 2.91. The predicted molar refractivity (Wildman–Crippen MR) is 79.6 cm³/mol. The number of hydrogen-bond donors (Lipinski definition) is 1. The maximum absolute atomic E-state index is 12.4. The summed E-state index contributed by atoms with van der Waals surface area (Å²) < 4.78 is 26.2. The van der Waals surface area contributed by atoms with Crippen LogP contribution in [0.4, 0.5) is 0 Å². The molecule has 1 saturated heterocycles. The van der Waals surface area contributed by atoms with Gasteiger partial charge in [0.1, 0.15) is 6.07 Å². The van der Waals surface area contributed by atoms with Crippen molar-refractivity contribution in [3.8, 4) is 6.07 Å². The van der Waals surface area contributed by atoms with Crippen molar-refractivity contribution < 1.29 is 8.42 Å². The molecule has 1 N–H and O–H groups in total. The molecular formula is C12H15Cl2N3O2S. The molecule has 0 amide bonds. The fraction of sp³-hybridized carbons (Fsp3) is 0.417. The van der Waals surface area contributed by atoms with Crippen molar-refractivity contribution >= 4 is 34.0 Å². The maximum Gasteiger partial charge on any atom is 0.243 e. The van der Waals surface area contributed by atoms with E-state index in [2.05, 4.69) is 5.32 Å². The lowest BCUT2D eigenvalue weighted by molar-refractivity contribution is 0.388. The number of sulfonamides is 1. The van der Waals surface area contributed by atoms with Gasteiger partial charge in [0.05, 0.1) is 15.5 Å². The molecule has 1 aliphatic heterocycles. The van der Waals surface area contributed by atoms with Crippen molar-refractivity contribution in [2.24, 2.45) is 0 Å². The molecular weight excluding hydrogens is 321 g/mol. The molecule has 8 heteroatoms. The average molecular weight is 336 g/mol. The summed E-state index contributed by atoms with van der Waals surface area (Å²) in [7, 11) is -2.00. The van der Waals surface area contributed by atoms with E-state index in [-0.39, 0.29) is 33.9 Å². The van der Waals surface area contributed by atoms with Crippen LogP contribution in [0.5, 0.6) is 0 Å². The number of hydrogen-bond acceptors (Lipinski definition) is 4. The van der Waals surface area contributed by atoms with E-state index in [1.807, 2.05) is 6.07 Å². The van der Waals surface area contributed by atoms with Crippen molar-refractivity contribution in [2.45, 2.75) is 17.4 Å². The summed E-state index contributed by atoms with van der Waals surface area (Å²) in [4.78, 5) is 0.117. The van der Waals surface area contributed by atoms with Crippen molar-refractivity contribution in [2.75, 3.05) is 20.1 Å². The fourth-order valence-electron chi connectivity index (χ4n) is 2.06. The zero-order valence-electron chi connectivity index (χ0n) is 10.8. The zero-order chi connectivity index (χ0) is 14.0. The quantitative estimate of drug-likeness (QED) is 0.910.